The second kappa shape index (κ2) is 7.07. The van der Waals surface area contributed by atoms with Crippen molar-refractivity contribution in [3.8, 4) is 11.4 Å². The number of piperazine rings is 1. The fourth-order valence-electron chi connectivity index (χ4n) is 3.27. The monoisotopic (exact) mass is 334 g/mol. The molecule has 0 aliphatic carbocycles. The van der Waals surface area contributed by atoms with E-state index in [0.29, 0.717) is 11.7 Å². The average Bonchev–Trinajstić information content (AvgIpc) is 3.19. The maximum Gasteiger partial charge on any atom is 0.244 e. The van der Waals surface area contributed by atoms with Crippen molar-refractivity contribution in [2.75, 3.05) is 31.1 Å². The summed E-state index contributed by atoms with van der Waals surface area (Å²) in [6, 6.07) is 20.7. The van der Waals surface area contributed by atoms with Gasteiger partial charge in [-0.15, -0.1) is 0 Å². The number of anilines is 1. The molecule has 0 saturated carbocycles. The Morgan fingerprint density at radius 3 is 2.20 bits per heavy atom. The van der Waals surface area contributed by atoms with Crippen LogP contribution in [0.2, 0.25) is 0 Å². The summed E-state index contributed by atoms with van der Waals surface area (Å²) in [5.74, 6) is 1.34. The SMILES string of the molecule is CC(c1nc(-c2ccccc2)no1)N1CCN(c2ccccc2)CC1. The molecule has 4 rings (SSSR count). The van der Waals surface area contributed by atoms with Gasteiger partial charge in [-0.25, -0.2) is 0 Å². The Bertz CT molecular complexity index is 795. The molecule has 1 aliphatic heterocycles. The van der Waals surface area contributed by atoms with Crippen molar-refractivity contribution in [3.63, 3.8) is 0 Å². The highest BCUT2D eigenvalue weighted by atomic mass is 16.5. The molecule has 1 fully saturated rings. The van der Waals surface area contributed by atoms with Crippen molar-refractivity contribution in [1.29, 1.82) is 0 Å². The van der Waals surface area contributed by atoms with E-state index in [9.17, 15) is 0 Å². The minimum atomic E-state index is 0.128. The quantitative estimate of drug-likeness (QED) is 0.729. The predicted octanol–water partition coefficient (Wildman–Crippen LogP) is 3.62. The highest BCUT2D eigenvalue weighted by molar-refractivity contribution is 5.53. The molecule has 0 radical (unpaired) electrons. The van der Waals surface area contributed by atoms with Gasteiger partial charge >= 0.3 is 0 Å². The Labute approximate surface area is 147 Å². The van der Waals surface area contributed by atoms with Crippen molar-refractivity contribution in [2.24, 2.45) is 0 Å². The molecule has 5 heteroatoms. The van der Waals surface area contributed by atoms with Crippen LogP contribution in [0.5, 0.6) is 0 Å². The van der Waals surface area contributed by atoms with Gasteiger partial charge in [-0.3, -0.25) is 4.90 Å². The van der Waals surface area contributed by atoms with Crippen molar-refractivity contribution in [1.82, 2.24) is 15.0 Å². The topological polar surface area (TPSA) is 45.4 Å². The summed E-state index contributed by atoms with van der Waals surface area (Å²) in [5, 5.41) is 4.14. The van der Waals surface area contributed by atoms with E-state index >= 15 is 0 Å². The van der Waals surface area contributed by atoms with Crippen LogP contribution in [0.1, 0.15) is 18.9 Å². The molecule has 1 aliphatic rings. The van der Waals surface area contributed by atoms with Gasteiger partial charge in [-0.1, -0.05) is 53.7 Å². The average molecular weight is 334 g/mol. The molecule has 128 valence electrons. The lowest BCUT2D eigenvalue weighted by Gasteiger charge is -2.38. The van der Waals surface area contributed by atoms with Crippen LogP contribution >= 0.6 is 0 Å². The van der Waals surface area contributed by atoms with Crippen LogP contribution in [-0.2, 0) is 0 Å². The van der Waals surface area contributed by atoms with Crippen LogP contribution in [0, 0.1) is 0 Å². The van der Waals surface area contributed by atoms with E-state index in [4.69, 9.17) is 4.52 Å². The first kappa shape index (κ1) is 15.8. The summed E-state index contributed by atoms with van der Waals surface area (Å²) in [7, 11) is 0. The Balaban J connectivity index is 1.41. The molecule has 5 nitrogen and oxygen atoms in total. The molecular weight excluding hydrogens is 312 g/mol. The zero-order chi connectivity index (χ0) is 17.1. The van der Waals surface area contributed by atoms with Crippen LogP contribution in [-0.4, -0.2) is 41.2 Å². The lowest BCUT2D eigenvalue weighted by Crippen LogP contribution is -2.47. The Morgan fingerprint density at radius 2 is 1.52 bits per heavy atom. The van der Waals surface area contributed by atoms with Gasteiger partial charge in [0, 0.05) is 37.4 Å². The van der Waals surface area contributed by atoms with Crippen molar-refractivity contribution >= 4 is 5.69 Å². The lowest BCUT2D eigenvalue weighted by molar-refractivity contribution is 0.164. The minimum absolute atomic E-state index is 0.128. The van der Waals surface area contributed by atoms with Gasteiger partial charge in [0.2, 0.25) is 11.7 Å². The van der Waals surface area contributed by atoms with Crippen LogP contribution in [0.15, 0.2) is 65.2 Å². The number of hydrogen-bond donors (Lipinski definition) is 0. The summed E-state index contributed by atoms with van der Waals surface area (Å²) < 4.78 is 5.53. The number of para-hydroxylation sites is 1. The number of rotatable bonds is 4. The van der Waals surface area contributed by atoms with E-state index in [1.54, 1.807) is 0 Å². The third kappa shape index (κ3) is 3.42. The van der Waals surface area contributed by atoms with E-state index in [-0.39, 0.29) is 6.04 Å². The summed E-state index contributed by atoms with van der Waals surface area (Å²) in [6.45, 7) is 6.13. The smallest absolute Gasteiger partial charge is 0.244 e. The molecule has 1 unspecified atom stereocenters. The third-order valence-electron chi connectivity index (χ3n) is 4.81. The first-order valence-electron chi connectivity index (χ1n) is 8.74. The molecule has 0 amide bonds. The number of aromatic nitrogens is 2. The molecule has 1 saturated heterocycles. The standard InChI is InChI=1S/C20H22N4O/c1-16(20-21-19(22-25-20)17-8-4-2-5-9-17)23-12-14-24(15-13-23)18-10-6-3-7-11-18/h2-11,16H,12-15H2,1H3. The van der Waals surface area contributed by atoms with Crippen molar-refractivity contribution in [2.45, 2.75) is 13.0 Å². The molecule has 3 aromatic rings. The molecular formula is C20H22N4O. The van der Waals surface area contributed by atoms with Crippen molar-refractivity contribution < 1.29 is 4.52 Å². The maximum atomic E-state index is 5.53. The van der Waals surface area contributed by atoms with E-state index in [1.165, 1.54) is 5.69 Å². The number of hydrogen-bond acceptors (Lipinski definition) is 5. The van der Waals surface area contributed by atoms with E-state index in [2.05, 4.69) is 57.2 Å². The normalized spacial score (nSPS) is 16.8. The summed E-state index contributed by atoms with van der Waals surface area (Å²) in [4.78, 5) is 9.43. The zero-order valence-corrected chi connectivity index (χ0v) is 14.4. The number of benzene rings is 2. The van der Waals surface area contributed by atoms with Crippen molar-refractivity contribution in [3.05, 3.63) is 66.6 Å². The van der Waals surface area contributed by atoms with E-state index < -0.39 is 0 Å². The Kier molecular flexibility index (Phi) is 4.48. The fraction of sp³-hybridized carbons (Fsp3) is 0.300. The molecule has 0 bridgehead atoms. The van der Waals surface area contributed by atoms with Gasteiger partial charge in [0.1, 0.15) is 0 Å². The van der Waals surface area contributed by atoms with Gasteiger partial charge in [0.05, 0.1) is 6.04 Å². The van der Waals surface area contributed by atoms with Crippen LogP contribution < -0.4 is 4.90 Å². The van der Waals surface area contributed by atoms with Gasteiger partial charge in [-0.05, 0) is 19.1 Å². The van der Waals surface area contributed by atoms with Gasteiger partial charge in [0.15, 0.2) is 0 Å². The number of nitrogens with zero attached hydrogens (tertiary/aromatic N) is 4. The molecule has 2 aromatic carbocycles. The van der Waals surface area contributed by atoms with Gasteiger partial charge in [0.25, 0.3) is 0 Å². The summed E-state index contributed by atoms with van der Waals surface area (Å²) in [6.07, 6.45) is 0. The van der Waals surface area contributed by atoms with Crippen LogP contribution in [0.3, 0.4) is 0 Å². The Morgan fingerprint density at radius 1 is 0.880 bits per heavy atom. The highest BCUT2D eigenvalue weighted by Crippen LogP contribution is 2.24. The van der Waals surface area contributed by atoms with E-state index in [0.717, 1.165) is 31.7 Å². The van der Waals surface area contributed by atoms with Crippen LogP contribution in [0.25, 0.3) is 11.4 Å². The van der Waals surface area contributed by atoms with Crippen LogP contribution in [0.4, 0.5) is 5.69 Å². The molecule has 0 spiro atoms. The van der Waals surface area contributed by atoms with Gasteiger partial charge < -0.3 is 9.42 Å². The van der Waals surface area contributed by atoms with Gasteiger partial charge in [-0.2, -0.15) is 4.98 Å². The van der Waals surface area contributed by atoms with E-state index in [1.807, 2.05) is 30.3 Å². The first-order valence-corrected chi connectivity index (χ1v) is 8.74. The second-order valence-electron chi connectivity index (χ2n) is 6.36. The second-order valence-corrected chi connectivity index (χ2v) is 6.36. The first-order chi connectivity index (χ1) is 12.3. The maximum absolute atomic E-state index is 5.53. The largest absolute Gasteiger partial charge is 0.369 e. The Hall–Kier alpha value is -2.66. The zero-order valence-electron chi connectivity index (χ0n) is 14.4. The molecule has 25 heavy (non-hydrogen) atoms. The summed E-state index contributed by atoms with van der Waals surface area (Å²) in [5.41, 5.74) is 2.28. The minimum Gasteiger partial charge on any atom is -0.369 e. The lowest BCUT2D eigenvalue weighted by atomic mass is 10.2. The summed E-state index contributed by atoms with van der Waals surface area (Å²) >= 11 is 0. The molecule has 0 N–H and O–H groups in total. The molecule has 2 heterocycles. The third-order valence-corrected chi connectivity index (χ3v) is 4.81. The molecule has 1 atom stereocenters. The fourth-order valence-corrected chi connectivity index (χ4v) is 3.27. The predicted molar refractivity (Wildman–Crippen MR) is 98.4 cm³/mol. The highest BCUT2D eigenvalue weighted by Gasteiger charge is 2.26. The molecule has 1 aromatic heterocycles.